The summed E-state index contributed by atoms with van der Waals surface area (Å²) < 4.78 is 0. The lowest BCUT2D eigenvalue weighted by atomic mass is 9.96. The summed E-state index contributed by atoms with van der Waals surface area (Å²) >= 11 is 1.85. The number of thioether (sulfide) groups is 1. The second-order valence-corrected chi connectivity index (χ2v) is 6.03. The minimum atomic E-state index is -0.364. The van der Waals surface area contributed by atoms with Gasteiger partial charge >= 0.3 is 0 Å². The number of pyridine rings is 1. The van der Waals surface area contributed by atoms with Crippen LogP contribution in [0.1, 0.15) is 39.5 Å². The highest BCUT2D eigenvalue weighted by atomic mass is 32.2. The van der Waals surface area contributed by atoms with Gasteiger partial charge in [0, 0.05) is 17.3 Å². The monoisotopic (exact) mass is 277 g/mol. The van der Waals surface area contributed by atoms with E-state index in [2.05, 4.69) is 23.3 Å². The third kappa shape index (κ3) is 6.60. The average molecular weight is 277 g/mol. The molecular weight excluding hydrogens is 254 g/mol. The molecule has 0 saturated heterocycles. The van der Waals surface area contributed by atoms with Crippen LogP contribution >= 0.6 is 11.8 Å². The average Bonchev–Trinajstić information content (AvgIpc) is 2.46. The molecule has 1 aromatic rings. The SMILES string of the molecule is CCCNC(C)(C#N)CCCCSc1ccncc1. The fourth-order valence-electron chi connectivity index (χ4n) is 1.79. The predicted molar refractivity (Wildman–Crippen MR) is 81.1 cm³/mol. The van der Waals surface area contributed by atoms with E-state index in [4.69, 9.17) is 0 Å². The van der Waals surface area contributed by atoms with Crippen LogP contribution in [0.5, 0.6) is 0 Å². The van der Waals surface area contributed by atoms with Crippen molar-refractivity contribution in [3.8, 4) is 6.07 Å². The van der Waals surface area contributed by atoms with Gasteiger partial charge in [0.1, 0.15) is 5.54 Å². The van der Waals surface area contributed by atoms with Crippen LogP contribution in [0.2, 0.25) is 0 Å². The van der Waals surface area contributed by atoms with E-state index in [-0.39, 0.29) is 5.54 Å². The molecule has 1 atom stereocenters. The van der Waals surface area contributed by atoms with Gasteiger partial charge in [-0.3, -0.25) is 10.3 Å². The van der Waals surface area contributed by atoms with Crippen LogP contribution in [0.15, 0.2) is 29.4 Å². The molecule has 1 unspecified atom stereocenters. The Morgan fingerprint density at radius 3 is 2.74 bits per heavy atom. The van der Waals surface area contributed by atoms with E-state index in [9.17, 15) is 5.26 Å². The lowest BCUT2D eigenvalue weighted by molar-refractivity contribution is 0.406. The third-order valence-electron chi connectivity index (χ3n) is 3.00. The Bertz CT molecular complexity index is 388. The van der Waals surface area contributed by atoms with E-state index in [1.807, 2.05) is 43.2 Å². The van der Waals surface area contributed by atoms with Gasteiger partial charge in [-0.15, -0.1) is 11.8 Å². The number of nitrogens with zero attached hydrogens (tertiary/aromatic N) is 2. The highest BCUT2D eigenvalue weighted by molar-refractivity contribution is 7.99. The molecule has 3 nitrogen and oxygen atoms in total. The molecule has 1 rings (SSSR count). The first kappa shape index (κ1) is 16.0. The molecule has 0 saturated carbocycles. The van der Waals surface area contributed by atoms with Crippen molar-refractivity contribution >= 4 is 11.8 Å². The zero-order valence-corrected chi connectivity index (χ0v) is 12.7. The van der Waals surface area contributed by atoms with E-state index in [0.29, 0.717) is 0 Å². The summed E-state index contributed by atoms with van der Waals surface area (Å²) in [4.78, 5) is 5.27. The van der Waals surface area contributed by atoms with Crippen LogP contribution in [0.4, 0.5) is 0 Å². The third-order valence-corrected chi connectivity index (χ3v) is 4.10. The Kier molecular flexibility index (Phi) is 7.54. The minimum absolute atomic E-state index is 0.364. The summed E-state index contributed by atoms with van der Waals surface area (Å²) in [5, 5.41) is 12.5. The summed E-state index contributed by atoms with van der Waals surface area (Å²) in [5.74, 6) is 1.10. The summed E-state index contributed by atoms with van der Waals surface area (Å²) in [7, 11) is 0. The number of nitrogens with one attached hydrogen (secondary N) is 1. The Morgan fingerprint density at radius 1 is 1.37 bits per heavy atom. The molecule has 0 aliphatic rings. The van der Waals surface area contributed by atoms with E-state index in [1.54, 1.807) is 0 Å². The number of hydrogen-bond acceptors (Lipinski definition) is 4. The molecule has 0 aliphatic carbocycles. The van der Waals surface area contributed by atoms with Crippen molar-refractivity contribution in [2.24, 2.45) is 0 Å². The molecule has 0 bridgehead atoms. The zero-order chi connectivity index (χ0) is 14.0. The van der Waals surface area contributed by atoms with Gasteiger partial charge in [0.05, 0.1) is 6.07 Å². The van der Waals surface area contributed by atoms with E-state index < -0.39 is 0 Å². The summed E-state index contributed by atoms with van der Waals surface area (Å²) in [6.07, 6.45) is 7.85. The Morgan fingerprint density at radius 2 is 2.11 bits per heavy atom. The molecule has 1 N–H and O–H groups in total. The minimum Gasteiger partial charge on any atom is -0.300 e. The fraction of sp³-hybridized carbons (Fsp3) is 0.600. The van der Waals surface area contributed by atoms with Crippen molar-refractivity contribution in [1.29, 1.82) is 5.26 Å². The molecule has 0 aliphatic heterocycles. The van der Waals surface area contributed by atoms with Crippen molar-refractivity contribution in [2.75, 3.05) is 12.3 Å². The largest absolute Gasteiger partial charge is 0.300 e. The van der Waals surface area contributed by atoms with E-state index in [0.717, 1.165) is 38.0 Å². The van der Waals surface area contributed by atoms with Gasteiger partial charge in [0.2, 0.25) is 0 Å². The van der Waals surface area contributed by atoms with Crippen LogP contribution in [0, 0.1) is 11.3 Å². The van der Waals surface area contributed by atoms with Gasteiger partial charge in [0.15, 0.2) is 0 Å². The molecule has 0 spiro atoms. The van der Waals surface area contributed by atoms with Crippen LogP contribution in [-0.2, 0) is 0 Å². The van der Waals surface area contributed by atoms with E-state index >= 15 is 0 Å². The fourth-order valence-corrected chi connectivity index (χ4v) is 2.69. The predicted octanol–water partition coefficient (Wildman–Crippen LogP) is 3.63. The maximum Gasteiger partial charge on any atom is 0.103 e. The maximum atomic E-state index is 9.22. The van der Waals surface area contributed by atoms with Crippen molar-refractivity contribution in [2.45, 2.75) is 50.0 Å². The number of hydrogen-bond donors (Lipinski definition) is 1. The van der Waals surface area contributed by atoms with Crippen molar-refractivity contribution in [1.82, 2.24) is 10.3 Å². The Balaban J connectivity index is 2.17. The second kappa shape index (κ2) is 8.95. The van der Waals surface area contributed by atoms with Crippen molar-refractivity contribution in [3.63, 3.8) is 0 Å². The quantitative estimate of drug-likeness (QED) is 0.553. The van der Waals surface area contributed by atoms with Crippen molar-refractivity contribution < 1.29 is 0 Å². The lowest BCUT2D eigenvalue weighted by Gasteiger charge is -2.22. The molecule has 4 heteroatoms. The maximum absolute atomic E-state index is 9.22. The number of nitriles is 1. The van der Waals surface area contributed by atoms with Gasteiger partial charge in [-0.05, 0) is 57.0 Å². The normalized spacial score (nSPS) is 13.7. The highest BCUT2D eigenvalue weighted by Crippen LogP contribution is 2.20. The van der Waals surface area contributed by atoms with Crippen LogP contribution in [-0.4, -0.2) is 22.8 Å². The molecule has 1 aromatic heterocycles. The topological polar surface area (TPSA) is 48.7 Å². The number of aromatic nitrogens is 1. The molecule has 19 heavy (non-hydrogen) atoms. The molecule has 1 heterocycles. The van der Waals surface area contributed by atoms with Crippen LogP contribution in [0.3, 0.4) is 0 Å². The second-order valence-electron chi connectivity index (χ2n) is 4.86. The van der Waals surface area contributed by atoms with E-state index in [1.165, 1.54) is 4.90 Å². The summed E-state index contributed by atoms with van der Waals surface area (Å²) in [6, 6.07) is 6.46. The smallest absolute Gasteiger partial charge is 0.103 e. The first-order chi connectivity index (χ1) is 9.20. The van der Waals surface area contributed by atoms with Gasteiger partial charge in [-0.25, -0.2) is 0 Å². The number of unbranched alkanes of at least 4 members (excludes halogenated alkanes) is 1. The van der Waals surface area contributed by atoms with Gasteiger partial charge < -0.3 is 0 Å². The molecular formula is C15H23N3S. The van der Waals surface area contributed by atoms with Gasteiger partial charge in [-0.1, -0.05) is 6.92 Å². The van der Waals surface area contributed by atoms with Gasteiger partial charge in [0.25, 0.3) is 0 Å². The standard InChI is InChI=1S/C15H23N3S/c1-3-9-18-15(2,13-16)8-4-5-12-19-14-6-10-17-11-7-14/h6-7,10-11,18H,3-5,8-9,12H2,1-2H3. The first-order valence-electron chi connectivity index (χ1n) is 6.89. The lowest BCUT2D eigenvalue weighted by Crippen LogP contribution is -2.41. The molecule has 0 aromatic carbocycles. The highest BCUT2D eigenvalue weighted by Gasteiger charge is 2.21. The van der Waals surface area contributed by atoms with Crippen LogP contribution < -0.4 is 5.32 Å². The molecule has 0 amide bonds. The van der Waals surface area contributed by atoms with Crippen molar-refractivity contribution in [3.05, 3.63) is 24.5 Å². The molecule has 0 fully saturated rings. The Labute approximate surface area is 120 Å². The Hall–Kier alpha value is -1.05. The number of rotatable bonds is 9. The summed E-state index contributed by atoms with van der Waals surface area (Å²) in [5.41, 5.74) is -0.364. The van der Waals surface area contributed by atoms with Crippen LogP contribution in [0.25, 0.3) is 0 Å². The van der Waals surface area contributed by atoms with Gasteiger partial charge in [-0.2, -0.15) is 5.26 Å². The first-order valence-corrected chi connectivity index (χ1v) is 7.88. The molecule has 104 valence electrons. The zero-order valence-electron chi connectivity index (χ0n) is 11.9. The summed E-state index contributed by atoms with van der Waals surface area (Å²) in [6.45, 7) is 5.03. The molecule has 0 radical (unpaired) electrons.